The molecule has 0 aliphatic rings. The van der Waals surface area contributed by atoms with Crippen LogP contribution in [0.2, 0.25) is 0 Å². The average molecular weight is 267 g/mol. The molecule has 0 fully saturated rings. The third-order valence-electron chi connectivity index (χ3n) is 2.29. The second-order valence-electron chi connectivity index (χ2n) is 4.22. The van der Waals surface area contributed by atoms with E-state index in [9.17, 15) is 4.79 Å². The van der Waals surface area contributed by atoms with E-state index in [2.05, 4.69) is 10.3 Å². The number of esters is 1. The van der Waals surface area contributed by atoms with Crippen LogP contribution >= 0.6 is 0 Å². The maximum absolute atomic E-state index is 11.7. The third-order valence-corrected chi connectivity index (χ3v) is 2.29. The molecule has 0 saturated carbocycles. The first-order chi connectivity index (χ1) is 9.04. The number of anilines is 2. The molecule has 0 aliphatic heterocycles. The van der Waals surface area contributed by atoms with E-state index >= 15 is 0 Å². The van der Waals surface area contributed by atoms with Crippen molar-refractivity contribution >= 4 is 17.5 Å². The Morgan fingerprint density at radius 3 is 2.89 bits per heavy atom. The van der Waals surface area contributed by atoms with E-state index in [1.165, 1.54) is 6.20 Å². The van der Waals surface area contributed by atoms with Crippen molar-refractivity contribution in [2.75, 3.05) is 30.8 Å². The van der Waals surface area contributed by atoms with Gasteiger partial charge in [0, 0.05) is 6.54 Å². The van der Waals surface area contributed by atoms with Crippen molar-refractivity contribution in [3.8, 4) is 0 Å². The van der Waals surface area contributed by atoms with Gasteiger partial charge in [0.2, 0.25) is 0 Å². The van der Waals surface area contributed by atoms with Gasteiger partial charge in [-0.05, 0) is 26.8 Å². The summed E-state index contributed by atoms with van der Waals surface area (Å²) in [5.41, 5.74) is 6.33. The minimum absolute atomic E-state index is 0.191. The van der Waals surface area contributed by atoms with Crippen LogP contribution in [0.4, 0.5) is 11.5 Å². The molecule has 0 aliphatic carbocycles. The Balaban J connectivity index is 2.60. The molecule has 1 heterocycles. The maximum Gasteiger partial charge on any atom is 0.340 e. The first-order valence-electron chi connectivity index (χ1n) is 6.32. The monoisotopic (exact) mass is 267 g/mol. The normalized spacial score (nSPS) is 10.5. The van der Waals surface area contributed by atoms with Gasteiger partial charge in [-0.1, -0.05) is 0 Å². The van der Waals surface area contributed by atoms with Crippen molar-refractivity contribution in [1.29, 1.82) is 0 Å². The number of nitrogens with one attached hydrogen (secondary N) is 1. The Morgan fingerprint density at radius 2 is 2.26 bits per heavy atom. The molecule has 1 rings (SSSR count). The molecule has 106 valence electrons. The Labute approximate surface area is 113 Å². The van der Waals surface area contributed by atoms with E-state index in [0.29, 0.717) is 36.8 Å². The predicted octanol–water partition coefficient (Wildman–Crippen LogP) is 1.68. The fourth-order valence-corrected chi connectivity index (χ4v) is 1.42. The van der Waals surface area contributed by atoms with Gasteiger partial charge < -0.3 is 20.5 Å². The molecular weight excluding hydrogens is 246 g/mol. The van der Waals surface area contributed by atoms with Crippen LogP contribution in [0.5, 0.6) is 0 Å². The minimum atomic E-state index is -0.441. The summed E-state index contributed by atoms with van der Waals surface area (Å²) < 4.78 is 10.3. The SMILES string of the molecule is CCOC(=O)c1cc(NCCOC(C)C)ncc1N. The molecule has 0 aromatic carbocycles. The number of nitrogens with two attached hydrogens (primary N) is 1. The molecule has 0 saturated heterocycles. The number of carbonyl (C=O) groups is 1. The van der Waals surface area contributed by atoms with Crippen LogP contribution < -0.4 is 11.1 Å². The number of nitrogens with zero attached hydrogens (tertiary/aromatic N) is 1. The maximum atomic E-state index is 11.7. The highest BCUT2D eigenvalue weighted by Crippen LogP contribution is 2.15. The van der Waals surface area contributed by atoms with E-state index < -0.39 is 5.97 Å². The highest BCUT2D eigenvalue weighted by molar-refractivity contribution is 5.95. The molecule has 19 heavy (non-hydrogen) atoms. The zero-order valence-electron chi connectivity index (χ0n) is 11.6. The lowest BCUT2D eigenvalue weighted by molar-refractivity contribution is 0.0527. The number of carbonyl (C=O) groups excluding carboxylic acids is 1. The highest BCUT2D eigenvalue weighted by atomic mass is 16.5. The standard InChI is InChI=1S/C13H21N3O3/c1-4-18-13(17)10-7-12(16-8-11(10)14)15-5-6-19-9(2)3/h7-9H,4-6,14H2,1-3H3,(H,15,16). The number of ether oxygens (including phenoxy) is 2. The van der Waals surface area contributed by atoms with E-state index in [0.717, 1.165) is 0 Å². The van der Waals surface area contributed by atoms with Crippen LogP contribution in [0, 0.1) is 0 Å². The summed E-state index contributed by atoms with van der Waals surface area (Å²) in [6, 6.07) is 1.59. The zero-order chi connectivity index (χ0) is 14.3. The molecule has 0 bridgehead atoms. The quantitative estimate of drug-likeness (QED) is 0.577. The first kappa shape index (κ1) is 15.2. The summed E-state index contributed by atoms with van der Waals surface area (Å²) in [7, 11) is 0. The van der Waals surface area contributed by atoms with E-state index in [4.69, 9.17) is 15.2 Å². The fourth-order valence-electron chi connectivity index (χ4n) is 1.42. The predicted molar refractivity (Wildman–Crippen MR) is 74.2 cm³/mol. The van der Waals surface area contributed by atoms with Gasteiger partial charge in [0.25, 0.3) is 0 Å². The summed E-state index contributed by atoms with van der Waals surface area (Å²) in [6.07, 6.45) is 1.63. The second-order valence-corrected chi connectivity index (χ2v) is 4.22. The number of nitrogen functional groups attached to an aromatic ring is 1. The van der Waals surface area contributed by atoms with E-state index in [1.54, 1.807) is 13.0 Å². The van der Waals surface area contributed by atoms with Gasteiger partial charge in [-0.15, -0.1) is 0 Å². The fraction of sp³-hybridized carbons (Fsp3) is 0.538. The molecule has 1 aromatic heterocycles. The summed E-state index contributed by atoms with van der Waals surface area (Å²) in [5, 5.41) is 3.07. The summed E-state index contributed by atoms with van der Waals surface area (Å²) >= 11 is 0. The Morgan fingerprint density at radius 1 is 1.53 bits per heavy atom. The van der Waals surface area contributed by atoms with Crippen molar-refractivity contribution in [2.24, 2.45) is 0 Å². The number of rotatable bonds is 7. The lowest BCUT2D eigenvalue weighted by Crippen LogP contribution is -2.15. The van der Waals surface area contributed by atoms with Crippen LogP contribution in [0.15, 0.2) is 12.3 Å². The number of aromatic nitrogens is 1. The molecule has 0 spiro atoms. The second kappa shape index (κ2) is 7.58. The van der Waals surface area contributed by atoms with E-state index in [1.807, 2.05) is 13.8 Å². The summed E-state index contributed by atoms with van der Waals surface area (Å²) in [5.74, 6) is 0.133. The smallest absolute Gasteiger partial charge is 0.340 e. The Kier molecular flexibility index (Phi) is 6.08. The number of hydrogen-bond acceptors (Lipinski definition) is 6. The molecular formula is C13H21N3O3. The van der Waals surface area contributed by atoms with Gasteiger partial charge in [0.1, 0.15) is 5.82 Å². The molecule has 0 unspecified atom stereocenters. The van der Waals surface area contributed by atoms with Crippen LogP contribution in [0.1, 0.15) is 31.1 Å². The third kappa shape index (κ3) is 5.13. The Bertz CT molecular complexity index is 422. The van der Waals surface area contributed by atoms with Gasteiger partial charge in [-0.3, -0.25) is 0 Å². The molecule has 6 heteroatoms. The van der Waals surface area contributed by atoms with Crippen molar-refractivity contribution in [3.05, 3.63) is 17.8 Å². The molecule has 0 atom stereocenters. The number of pyridine rings is 1. The van der Waals surface area contributed by atoms with Gasteiger partial charge >= 0.3 is 5.97 Å². The average Bonchev–Trinajstić information content (AvgIpc) is 2.36. The molecule has 0 amide bonds. The summed E-state index contributed by atoms with van der Waals surface area (Å²) in [6.45, 7) is 7.18. The van der Waals surface area contributed by atoms with Crippen LogP contribution in [-0.4, -0.2) is 36.8 Å². The molecule has 6 nitrogen and oxygen atoms in total. The van der Waals surface area contributed by atoms with Crippen molar-refractivity contribution in [1.82, 2.24) is 4.98 Å². The van der Waals surface area contributed by atoms with Crippen LogP contribution in [-0.2, 0) is 9.47 Å². The van der Waals surface area contributed by atoms with Gasteiger partial charge in [0.15, 0.2) is 0 Å². The van der Waals surface area contributed by atoms with Crippen molar-refractivity contribution in [3.63, 3.8) is 0 Å². The molecule has 1 aromatic rings. The van der Waals surface area contributed by atoms with Crippen molar-refractivity contribution < 1.29 is 14.3 Å². The topological polar surface area (TPSA) is 86.5 Å². The largest absolute Gasteiger partial charge is 0.462 e. The van der Waals surface area contributed by atoms with Gasteiger partial charge in [0.05, 0.1) is 36.8 Å². The Hall–Kier alpha value is -1.82. The first-order valence-corrected chi connectivity index (χ1v) is 6.32. The minimum Gasteiger partial charge on any atom is -0.462 e. The lowest BCUT2D eigenvalue weighted by atomic mass is 10.2. The van der Waals surface area contributed by atoms with E-state index in [-0.39, 0.29) is 6.10 Å². The number of hydrogen-bond donors (Lipinski definition) is 2. The molecule has 0 radical (unpaired) electrons. The zero-order valence-corrected chi connectivity index (χ0v) is 11.6. The van der Waals surface area contributed by atoms with Crippen LogP contribution in [0.3, 0.4) is 0 Å². The highest BCUT2D eigenvalue weighted by Gasteiger charge is 2.12. The lowest BCUT2D eigenvalue weighted by Gasteiger charge is -2.10. The van der Waals surface area contributed by atoms with Gasteiger partial charge in [-0.25, -0.2) is 9.78 Å². The van der Waals surface area contributed by atoms with Crippen LogP contribution in [0.25, 0.3) is 0 Å². The van der Waals surface area contributed by atoms with Gasteiger partial charge in [-0.2, -0.15) is 0 Å². The summed E-state index contributed by atoms with van der Waals surface area (Å²) in [4.78, 5) is 15.8. The molecule has 3 N–H and O–H groups in total. The van der Waals surface area contributed by atoms with Crippen molar-refractivity contribution in [2.45, 2.75) is 26.9 Å².